The molecule has 1 aromatic heterocycles. The number of aliphatic hydroxyl groups is 2. The number of Topliss-reactive ketones (excluding diaryl/α,β-unsaturated/α-hetero) is 1. The van der Waals surface area contributed by atoms with Gasteiger partial charge in [0, 0.05) is 35.0 Å². The van der Waals surface area contributed by atoms with Gasteiger partial charge in [0.2, 0.25) is 5.78 Å². The fourth-order valence-corrected chi connectivity index (χ4v) is 5.52. The molecule has 1 aliphatic carbocycles. The quantitative estimate of drug-likeness (QED) is 0.304. The molecule has 3 N–H and O–H groups in total. The molecular formula is C30H31N3O5. The highest BCUT2D eigenvalue weighted by Crippen LogP contribution is 2.44. The Balaban J connectivity index is 1.52. The number of nitrogens with zero attached hydrogens (tertiary/aromatic N) is 2. The minimum Gasteiger partial charge on any atom is -0.507 e. The van der Waals surface area contributed by atoms with Crippen molar-refractivity contribution in [2.24, 2.45) is 5.92 Å². The van der Waals surface area contributed by atoms with Gasteiger partial charge in [0.1, 0.15) is 17.7 Å². The second-order valence-corrected chi connectivity index (χ2v) is 9.74. The molecule has 2 heterocycles. The maximum absolute atomic E-state index is 13.6. The van der Waals surface area contributed by atoms with Crippen LogP contribution in [-0.4, -0.2) is 46.3 Å². The van der Waals surface area contributed by atoms with Crippen molar-refractivity contribution >= 4 is 23.1 Å². The highest BCUT2D eigenvalue weighted by atomic mass is 16.5. The number of anilines is 1. The summed E-state index contributed by atoms with van der Waals surface area (Å²) >= 11 is 0. The average molecular weight is 514 g/mol. The smallest absolute Gasteiger partial charge is 0.251 e. The van der Waals surface area contributed by atoms with Crippen molar-refractivity contribution in [3.63, 3.8) is 0 Å². The fourth-order valence-electron chi connectivity index (χ4n) is 5.52. The van der Waals surface area contributed by atoms with Crippen LogP contribution in [0.15, 0.2) is 83.2 Å². The number of rotatable bonds is 7. The number of carbonyl (C=O) groups excluding carboxylic acids is 2. The van der Waals surface area contributed by atoms with E-state index in [1.165, 1.54) is 6.26 Å². The van der Waals surface area contributed by atoms with Gasteiger partial charge in [-0.15, -0.1) is 0 Å². The third-order valence-electron chi connectivity index (χ3n) is 7.42. The lowest BCUT2D eigenvalue weighted by Crippen LogP contribution is -2.37. The minimum atomic E-state index is -0.347. The van der Waals surface area contributed by atoms with E-state index in [-0.39, 0.29) is 42.6 Å². The van der Waals surface area contributed by atoms with E-state index in [4.69, 9.17) is 9.63 Å². The number of benzene rings is 2. The molecular weight excluding hydrogens is 482 g/mol. The summed E-state index contributed by atoms with van der Waals surface area (Å²) in [6, 6.07) is 15.7. The summed E-state index contributed by atoms with van der Waals surface area (Å²) in [5.74, 6) is -0.495. The Morgan fingerprint density at radius 1 is 1.03 bits per heavy atom. The Bertz CT molecular complexity index is 1340. The van der Waals surface area contributed by atoms with Gasteiger partial charge in [-0.05, 0) is 43.0 Å². The summed E-state index contributed by atoms with van der Waals surface area (Å²) in [5.41, 5.74) is 3.99. The predicted molar refractivity (Wildman–Crippen MR) is 144 cm³/mol. The Labute approximate surface area is 221 Å². The van der Waals surface area contributed by atoms with Crippen LogP contribution in [0.2, 0.25) is 0 Å². The van der Waals surface area contributed by atoms with Crippen LogP contribution in [0.5, 0.6) is 0 Å². The van der Waals surface area contributed by atoms with Crippen LogP contribution in [0.3, 0.4) is 0 Å². The van der Waals surface area contributed by atoms with Gasteiger partial charge < -0.3 is 25.0 Å². The van der Waals surface area contributed by atoms with Crippen LogP contribution in [0.4, 0.5) is 5.69 Å². The SMILES string of the molecule is C=C1C(=O)C(=C(O)c2ccc(C(=O)NCCO)cc2)C(C2CCCCC2)N1c1ccc(-c2ccon2)cc1. The maximum atomic E-state index is 13.6. The summed E-state index contributed by atoms with van der Waals surface area (Å²) in [7, 11) is 0. The number of hydrogen-bond donors (Lipinski definition) is 3. The van der Waals surface area contributed by atoms with E-state index in [2.05, 4.69) is 17.1 Å². The summed E-state index contributed by atoms with van der Waals surface area (Å²) < 4.78 is 4.96. The number of ketones is 1. The highest BCUT2D eigenvalue weighted by molar-refractivity contribution is 6.18. The molecule has 3 aromatic rings. The molecule has 2 fully saturated rings. The van der Waals surface area contributed by atoms with Crippen molar-refractivity contribution in [2.75, 3.05) is 18.1 Å². The Morgan fingerprint density at radius 2 is 1.71 bits per heavy atom. The third kappa shape index (κ3) is 4.87. The van der Waals surface area contributed by atoms with Gasteiger partial charge in [-0.25, -0.2) is 0 Å². The molecule has 38 heavy (non-hydrogen) atoms. The van der Waals surface area contributed by atoms with Gasteiger partial charge in [0.25, 0.3) is 5.91 Å². The molecule has 1 aliphatic heterocycles. The van der Waals surface area contributed by atoms with Crippen molar-refractivity contribution in [2.45, 2.75) is 38.1 Å². The summed E-state index contributed by atoms with van der Waals surface area (Å²) in [4.78, 5) is 27.8. The molecule has 1 unspecified atom stereocenters. The van der Waals surface area contributed by atoms with Crippen LogP contribution in [0.1, 0.15) is 48.0 Å². The van der Waals surface area contributed by atoms with Crippen molar-refractivity contribution in [1.29, 1.82) is 0 Å². The average Bonchev–Trinajstić information content (AvgIpc) is 3.59. The lowest BCUT2D eigenvalue weighted by atomic mass is 9.80. The molecule has 1 saturated carbocycles. The molecule has 0 radical (unpaired) electrons. The van der Waals surface area contributed by atoms with Gasteiger partial charge >= 0.3 is 0 Å². The van der Waals surface area contributed by atoms with Crippen LogP contribution in [0.25, 0.3) is 17.0 Å². The summed E-state index contributed by atoms with van der Waals surface area (Å²) in [5, 5.41) is 27.0. The zero-order valence-electron chi connectivity index (χ0n) is 21.1. The van der Waals surface area contributed by atoms with Gasteiger partial charge in [-0.2, -0.15) is 0 Å². The fraction of sp³-hybridized carbons (Fsp3) is 0.300. The molecule has 1 saturated heterocycles. The maximum Gasteiger partial charge on any atom is 0.251 e. The second-order valence-electron chi connectivity index (χ2n) is 9.74. The van der Waals surface area contributed by atoms with E-state index in [9.17, 15) is 14.7 Å². The van der Waals surface area contributed by atoms with E-state index >= 15 is 0 Å². The number of allylic oxidation sites excluding steroid dienone is 1. The van der Waals surface area contributed by atoms with Crippen molar-refractivity contribution < 1.29 is 24.3 Å². The predicted octanol–water partition coefficient (Wildman–Crippen LogP) is 4.88. The number of hydrogen-bond acceptors (Lipinski definition) is 7. The Hall–Kier alpha value is -4.17. The topological polar surface area (TPSA) is 116 Å². The molecule has 2 aliphatic rings. The van der Waals surface area contributed by atoms with Gasteiger partial charge in [-0.3, -0.25) is 9.59 Å². The molecule has 1 amide bonds. The normalized spacial score (nSPS) is 19.6. The van der Waals surface area contributed by atoms with Crippen molar-refractivity contribution in [1.82, 2.24) is 10.5 Å². The van der Waals surface area contributed by atoms with E-state index in [1.54, 1.807) is 30.3 Å². The van der Waals surface area contributed by atoms with E-state index in [1.807, 2.05) is 29.2 Å². The molecule has 1 atom stereocenters. The standard InChI is InChI=1S/C30H31N3O5/c1-19-28(35)26(29(36)22-7-9-23(10-8-22)30(37)31-16-17-34)27(21-5-3-2-4-6-21)33(19)24-13-11-20(12-14-24)25-15-18-38-32-25/h7-15,18,21,27,34,36H,1-6,16-17H2,(H,31,37). The van der Waals surface area contributed by atoms with Gasteiger partial charge in [-0.1, -0.05) is 55.3 Å². The molecule has 8 heteroatoms. The van der Waals surface area contributed by atoms with Crippen molar-refractivity contribution in [3.8, 4) is 11.3 Å². The summed E-state index contributed by atoms with van der Waals surface area (Å²) in [6.07, 6.45) is 6.75. The number of aliphatic hydroxyl groups excluding tert-OH is 2. The minimum absolute atomic E-state index is 0.0873. The lowest BCUT2D eigenvalue weighted by molar-refractivity contribution is -0.111. The van der Waals surface area contributed by atoms with Crippen LogP contribution < -0.4 is 10.2 Å². The molecule has 8 nitrogen and oxygen atoms in total. The first-order chi connectivity index (χ1) is 18.5. The highest BCUT2D eigenvalue weighted by Gasteiger charge is 2.46. The molecule has 0 spiro atoms. The largest absolute Gasteiger partial charge is 0.507 e. The van der Waals surface area contributed by atoms with Crippen LogP contribution >= 0.6 is 0 Å². The third-order valence-corrected chi connectivity index (χ3v) is 7.42. The van der Waals surface area contributed by atoms with Crippen LogP contribution in [-0.2, 0) is 4.79 Å². The number of nitrogens with one attached hydrogen (secondary N) is 1. The zero-order chi connectivity index (χ0) is 26.6. The summed E-state index contributed by atoms with van der Waals surface area (Å²) in [6.45, 7) is 4.14. The monoisotopic (exact) mass is 513 g/mol. The lowest BCUT2D eigenvalue weighted by Gasteiger charge is -2.35. The Morgan fingerprint density at radius 3 is 2.34 bits per heavy atom. The number of carbonyl (C=O) groups is 2. The molecule has 0 bridgehead atoms. The van der Waals surface area contributed by atoms with E-state index in [0.29, 0.717) is 22.4 Å². The first-order valence-electron chi connectivity index (χ1n) is 13.0. The first kappa shape index (κ1) is 25.5. The number of amides is 1. The van der Waals surface area contributed by atoms with E-state index < -0.39 is 0 Å². The first-order valence-corrected chi connectivity index (χ1v) is 13.0. The van der Waals surface area contributed by atoms with Crippen LogP contribution in [0, 0.1) is 5.92 Å². The van der Waals surface area contributed by atoms with Gasteiger partial charge in [0.15, 0.2) is 0 Å². The van der Waals surface area contributed by atoms with E-state index in [0.717, 1.165) is 49.0 Å². The molecule has 196 valence electrons. The van der Waals surface area contributed by atoms with Crippen molar-refractivity contribution in [3.05, 3.63) is 89.8 Å². The number of aromatic nitrogens is 1. The zero-order valence-corrected chi connectivity index (χ0v) is 21.1. The molecule has 2 aromatic carbocycles. The second kappa shape index (κ2) is 11.1. The van der Waals surface area contributed by atoms with Gasteiger partial charge in [0.05, 0.1) is 23.9 Å². The Kier molecular flexibility index (Phi) is 7.42. The molecule has 5 rings (SSSR count).